The second-order valence-corrected chi connectivity index (χ2v) is 11.8. The molecule has 1 aliphatic heterocycles. The third kappa shape index (κ3) is 5.06. The quantitative estimate of drug-likeness (QED) is 0.117. The van der Waals surface area contributed by atoms with Gasteiger partial charge in [0.25, 0.3) is 11.5 Å². The maximum absolute atomic E-state index is 13.7. The van der Waals surface area contributed by atoms with Gasteiger partial charge in [-0.3, -0.25) is 18.7 Å². The van der Waals surface area contributed by atoms with Crippen LogP contribution in [0.1, 0.15) is 10.4 Å². The van der Waals surface area contributed by atoms with Crippen LogP contribution in [0.2, 0.25) is 0 Å². The van der Waals surface area contributed by atoms with Crippen LogP contribution in [0.3, 0.4) is 0 Å². The number of para-hydroxylation sites is 3. The van der Waals surface area contributed by atoms with Crippen LogP contribution in [0.5, 0.6) is 11.5 Å². The van der Waals surface area contributed by atoms with Gasteiger partial charge in [0.2, 0.25) is 12.7 Å². The number of phenolic OH excluding ortho intramolecular Hbond substituents is 2. The van der Waals surface area contributed by atoms with Crippen LogP contribution < -0.4 is 21.7 Å². The summed E-state index contributed by atoms with van der Waals surface area (Å²) in [4.78, 5) is 31.5. The maximum atomic E-state index is 13.7. The Hall–Kier alpha value is -6.87. The third-order valence-electron chi connectivity index (χ3n) is 8.73. The number of anilines is 1. The van der Waals surface area contributed by atoms with Gasteiger partial charge in [0, 0.05) is 32.6 Å². The van der Waals surface area contributed by atoms with Gasteiger partial charge in [-0.2, -0.15) is 0 Å². The van der Waals surface area contributed by atoms with Crippen molar-refractivity contribution in [2.45, 2.75) is 12.7 Å². The number of aromatic hydroxyl groups is 2. The molecule has 0 aliphatic carbocycles. The average Bonchev–Trinajstić information content (AvgIpc) is 3.78. The van der Waals surface area contributed by atoms with Gasteiger partial charge in [0.05, 0.1) is 16.6 Å². The summed E-state index contributed by atoms with van der Waals surface area (Å²) in [5, 5.41) is 45.5. The van der Waals surface area contributed by atoms with E-state index in [0.717, 1.165) is 0 Å². The lowest BCUT2D eigenvalue weighted by Gasteiger charge is -2.11. The number of aromatic nitrogens is 2. The van der Waals surface area contributed by atoms with Crippen molar-refractivity contribution >= 4 is 72.0 Å². The Kier molecular flexibility index (Phi) is 7.06. The number of nitrogens with zero attached hydrogens (tertiary/aromatic N) is 6. The third-order valence-corrected chi connectivity index (χ3v) is 8.73. The van der Waals surface area contributed by atoms with E-state index in [2.05, 4.69) is 36.6 Å². The van der Waals surface area contributed by atoms with Crippen molar-refractivity contribution in [3.63, 3.8) is 0 Å². The summed E-state index contributed by atoms with van der Waals surface area (Å²) in [6.07, 6.45) is -2.09. The SMILES string of the molecule is O=C(Nc1ccccc1)c1cc2ccccc2c(N=NC2NNC(N=Nc3c(O)cc4c5c3cccc5c(=O)n3c5ccccc5nc43)O2)c1O. The number of ether oxygens (including phenoxy) is 1. The number of hydrogen-bond acceptors (Lipinski definition) is 12. The molecule has 6 aromatic carbocycles. The first kappa shape index (κ1) is 30.2. The van der Waals surface area contributed by atoms with Gasteiger partial charge in [-0.15, -0.1) is 20.5 Å². The average molecular weight is 676 g/mol. The fourth-order valence-corrected chi connectivity index (χ4v) is 6.42. The molecule has 2 aromatic heterocycles. The number of amides is 1. The normalized spacial score (nSPS) is 16.5. The van der Waals surface area contributed by atoms with Gasteiger partial charge >= 0.3 is 0 Å². The maximum Gasteiger partial charge on any atom is 0.264 e. The highest BCUT2D eigenvalue weighted by Gasteiger charge is 2.26. The molecular weight excluding hydrogens is 650 g/mol. The van der Waals surface area contributed by atoms with Gasteiger partial charge in [-0.25, -0.2) is 15.8 Å². The molecule has 0 radical (unpaired) electrons. The minimum Gasteiger partial charge on any atom is -0.506 e. The van der Waals surface area contributed by atoms with Crippen molar-refractivity contribution in [2.24, 2.45) is 20.5 Å². The molecular formula is C37H25N9O5. The zero-order chi connectivity index (χ0) is 34.6. The lowest BCUT2D eigenvalue weighted by atomic mass is 10.0. The van der Waals surface area contributed by atoms with Crippen LogP contribution in [-0.4, -0.2) is 38.2 Å². The second kappa shape index (κ2) is 11.9. The Morgan fingerprint density at radius 2 is 1.45 bits per heavy atom. The second-order valence-electron chi connectivity index (χ2n) is 11.8. The first-order valence-electron chi connectivity index (χ1n) is 15.8. The van der Waals surface area contributed by atoms with Gasteiger partial charge < -0.3 is 15.5 Å². The zero-order valence-corrected chi connectivity index (χ0v) is 26.3. The molecule has 1 fully saturated rings. The fourth-order valence-electron chi connectivity index (χ4n) is 6.42. The number of nitrogens with one attached hydrogen (secondary N) is 3. The summed E-state index contributed by atoms with van der Waals surface area (Å²) in [6.45, 7) is 0. The summed E-state index contributed by atoms with van der Waals surface area (Å²) >= 11 is 0. The number of pyridine rings is 1. The minimum absolute atomic E-state index is 0.0245. The van der Waals surface area contributed by atoms with E-state index in [4.69, 9.17) is 9.72 Å². The van der Waals surface area contributed by atoms with Crippen molar-refractivity contribution in [2.75, 3.05) is 5.32 Å². The highest BCUT2D eigenvalue weighted by Crippen LogP contribution is 2.42. The highest BCUT2D eigenvalue weighted by atomic mass is 16.6. The number of hydrazine groups is 1. The van der Waals surface area contributed by atoms with E-state index in [-0.39, 0.29) is 34.0 Å². The molecule has 9 rings (SSSR count). The van der Waals surface area contributed by atoms with Crippen LogP contribution in [-0.2, 0) is 4.74 Å². The largest absolute Gasteiger partial charge is 0.506 e. The number of hydrogen-bond donors (Lipinski definition) is 5. The smallest absolute Gasteiger partial charge is 0.264 e. The first-order chi connectivity index (χ1) is 24.9. The summed E-state index contributed by atoms with van der Waals surface area (Å²) in [6, 6.07) is 31.8. The Morgan fingerprint density at radius 1 is 0.765 bits per heavy atom. The molecule has 248 valence electrons. The van der Waals surface area contributed by atoms with Gasteiger partial charge in [-0.05, 0) is 47.9 Å². The molecule has 0 bridgehead atoms. The number of rotatable bonds is 6. The first-order valence-corrected chi connectivity index (χ1v) is 15.8. The molecule has 14 nitrogen and oxygen atoms in total. The number of carbonyl (C=O) groups excluding carboxylic acids is 1. The van der Waals surface area contributed by atoms with Gasteiger partial charge in [0.1, 0.15) is 22.8 Å². The standard InChI is InChI=1S/C37H25N9O5/c47-28-18-24-29-22(13-8-14-23(29)35(50)46-27-16-7-6-15-26(27)39-33(24)46)30(28)40-42-36-44-45-37(51-36)43-41-31-21-12-5-4-9-19(21)17-25(32(31)48)34(49)38-20-10-2-1-3-11-20/h1-18,36-37,44-45,47-48H,(H,38,49). The monoisotopic (exact) mass is 675 g/mol. The van der Waals surface area contributed by atoms with E-state index in [9.17, 15) is 19.8 Å². The van der Waals surface area contributed by atoms with Crippen molar-refractivity contribution in [1.82, 2.24) is 20.2 Å². The van der Waals surface area contributed by atoms with Crippen LogP contribution >= 0.6 is 0 Å². The van der Waals surface area contributed by atoms with E-state index < -0.39 is 18.6 Å². The highest BCUT2D eigenvalue weighted by molar-refractivity contribution is 6.19. The molecule has 3 heterocycles. The Morgan fingerprint density at radius 3 is 2.27 bits per heavy atom. The van der Waals surface area contributed by atoms with Gasteiger partial charge in [0.15, 0.2) is 5.75 Å². The molecule has 5 N–H and O–H groups in total. The topological polar surface area (TPSA) is 187 Å². The van der Waals surface area contributed by atoms with Crippen molar-refractivity contribution in [3.05, 3.63) is 125 Å². The molecule has 51 heavy (non-hydrogen) atoms. The minimum atomic E-state index is -1.05. The molecule has 1 amide bonds. The van der Waals surface area contributed by atoms with E-state index in [1.807, 2.05) is 36.4 Å². The predicted molar refractivity (Wildman–Crippen MR) is 191 cm³/mol. The number of carbonyl (C=O) groups is 1. The van der Waals surface area contributed by atoms with Crippen LogP contribution in [0.4, 0.5) is 17.1 Å². The molecule has 1 aliphatic rings. The lowest BCUT2D eigenvalue weighted by Crippen LogP contribution is -2.31. The molecule has 8 aromatic rings. The Labute approximate surface area is 286 Å². The molecule has 2 unspecified atom stereocenters. The summed E-state index contributed by atoms with van der Waals surface area (Å²) in [5.74, 6) is -1.02. The summed E-state index contributed by atoms with van der Waals surface area (Å²) in [7, 11) is 0. The van der Waals surface area contributed by atoms with E-state index in [1.54, 1.807) is 71.1 Å². The van der Waals surface area contributed by atoms with E-state index >= 15 is 0 Å². The van der Waals surface area contributed by atoms with Crippen molar-refractivity contribution in [3.8, 4) is 11.5 Å². The number of fused-ring (bicyclic) bond motifs is 5. The zero-order valence-electron chi connectivity index (χ0n) is 26.3. The lowest BCUT2D eigenvalue weighted by molar-refractivity contribution is 0.0388. The van der Waals surface area contributed by atoms with E-state index in [0.29, 0.717) is 54.7 Å². The van der Waals surface area contributed by atoms with Crippen molar-refractivity contribution < 1.29 is 19.7 Å². The van der Waals surface area contributed by atoms with Gasteiger partial charge in [-0.1, -0.05) is 66.7 Å². The fraction of sp³-hybridized carbons (Fsp3) is 0.0541. The number of phenols is 2. The van der Waals surface area contributed by atoms with Crippen LogP contribution in [0, 0.1) is 0 Å². The Bertz CT molecular complexity index is 2800. The number of benzene rings is 6. The molecule has 1 saturated heterocycles. The van der Waals surface area contributed by atoms with E-state index in [1.165, 1.54) is 6.07 Å². The number of imidazole rings is 1. The van der Waals surface area contributed by atoms with Crippen molar-refractivity contribution in [1.29, 1.82) is 0 Å². The molecule has 0 saturated carbocycles. The molecule has 14 heteroatoms. The molecule has 0 spiro atoms. The summed E-state index contributed by atoms with van der Waals surface area (Å²) < 4.78 is 7.35. The van der Waals surface area contributed by atoms with Crippen LogP contribution in [0.25, 0.3) is 49.0 Å². The Balaban J connectivity index is 1.00. The number of azo groups is 2. The van der Waals surface area contributed by atoms with Crippen LogP contribution in [0.15, 0.2) is 134 Å². The predicted octanol–water partition coefficient (Wildman–Crippen LogP) is 6.97. The summed E-state index contributed by atoms with van der Waals surface area (Å²) in [5.41, 5.74) is 7.98. The molecule has 2 atom stereocenters.